The highest BCUT2D eigenvalue weighted by atomic mass is 32.2. The first-order valence-electron chi connectivity index (χ1n) is 5.98. The zero-order valence-corrected chi connectivity index (χ0v) is 11.2. The third-order valence-corrected chi connectivity index (χ3v) is 5.35. The van der Waals surface area contributed by atoms with Crippen molar-refractivity contribution < 1.29 is 18.0 Å². The van der Waals surface area contributed by atoms with Crippen molar-refractivity contribution in [3.63, 3.8) is 0 Å². The normalized spacial score (nSPS) is 26.8. The average molecular weight is 296 g/mol. The number of sulfonamides is 1. The van der Waals surface area contributed by atoms with Crippen LogP contribution in [0, 0.1) is 0 Å². The van der Waals surface area contributed by atoms with Crippen molar-refractivity contribution in [2.45, 2.75) is 16.9 Å². The van der Waals surface area contributed by atoms with Crippen LogP contribution in [0.1, 0.15) is 6.42 Å². The van der Waals surface area contributed by atoms with Crippen molar-refractivity contribution in [2.75, 3.05) is 13.1 Å². The molecule has 1 aromatic rings. The molecule has 1 atom stereocenters. The predicted octanol–water partition coefficient (Wildman–Crippen LogP) is -0.946. The van der Waals surface area contributed by atoms with E-state index < -0.39 is 27.5 Å². The Balaban J connectivity index is 1.88. The van der Waals surface area contributed by atoms with Crippen LogP contribution in [0.2, 0.25) is 0 Å². The molecule has 3 rings (SSSR count). The largest absolute Gasteiger partial charge is 0.322 e. The van der Waals surface area contributed by atoms with Gasteiger partial charge in [-0.05, 0) is 18.6 Å². The van der Waals surface area contributed by atoms with Crippen molar-refractivity contribution in [2.24, 2.45) is 0 Å². The van der Waals surface area contributed by atoms with Gasteiger partial charge in [0.25, 0.3) is 5.91 Å². The highest BCUT2D eigenvalue weighted by molar-refractivity contribution is 7.89. The Labute approximate surface area is 115 Å². The summed E-state index contributed by atoms with van der Waals surface area (Å²) >= 11 is 0. The summed E-state index contributed by atoms with van der Waals surface area (Å²) in [6.45, 7) is 0.104. The Hall–Kier alpha value is -2.00. The van der Waals surface area contributed by atoms with E-state index in [1.165, 1.54) is 28.8 Å². The second-order valence-electron chi connectivity index (χ2n) is 4.77. The Kier molecular flexibility index (Phi) is 2.76. The summed E-state index contributed by atoms with van der Waals surface area (Å²) in [6.07, 6.45) is 2.99. The average Bonchev–Trinajstić information content (AvgIpc) is 2.96. The number of urea groups is 1. The van der Waals surface area contributed by atoms with Crippen LogP contribution >= 0.6 is 0 Å². The molecular formula is C11H12N4O4S. The molecule has 1 spiro atoms. The summed E-state index contributed by atoms with van der Waals surface area (Å²) in [4.78, 5) is 26.9. The van der Waals surface area contributed by atoms with Gasteiger partial charge >= 0.3 is 6.03 Å². The summed E-state index contributed by atoms with van der Waals surface area (Å²) < 4.78 is 26.0. The van der Waals surface area contributed by atoms with E-state index in [1.807, 2.05) is 0 Å². The number of imide groups is 1. The number of nitrogens with zero attached hydrogens (tertiary/aromatic N) is 2. The van der Waals surface area contributed by atoms with E-state index in [0.717, 1.165) is 0 Å². The second kappa shape index (κ2) is 4.25. The molecule has 1 unspecified atom stereocenters. The summed E-state index contributed by atoms with van der Waals surface area (Å²) in [5.74, 6) is -0.480. The molecule has 0 radical (unpaired) electrons. The molecule has 2 aliphatic rings. The van der Waals surface area contributed by atoms with Gasteiger partial charge < -0.3 is 5.32 Å². The van der Waals surface area contributed by atoms with E-state index in [-0.39, 0.29) is 24.4 Å². The Morgan fingerprint density at radius 2 is 2.15 bits per heavy atom. The molecule has 106 valence electrons. The monoisotopic (exact) mass is 296 g/mol. The molecule has 0 aromatic carbocycles. The number of pyridine rings is 1. The first-order chi connectivity index (χ1) is 9.44. The zero-order chi connectivity index (χ0) is 14.4. The molecule has 0 aliphatic carbocycles. The topological polar surface area (TPSA) is 108 Å². The van der Waals surface area contributed by atoms with Gasteiger partial charge in [0.1, 0.15) is 10.4 Å². The maximum atomic E-state index is 12.4. The lowest BCUT2D eigenvalue weighted by Gasteiger charge is -2.20. The summed E-state index contributed by atoms with van der Waals surface area (Å²) in [6, 6.07) is 2.39. The molecule has 8 nitrogen and oxygen atoms in total. The lowest BCUT2D eigenvalue weighted by molar-refractivity contribution is -0.123. The first-order valence-corrected chi connectivity index (χ1v) is 7.42. The van der Waals surface area contributed by atoms with Crippen molar-refractivity contribution in [3.05, 3.63) is 24.5 Å². The molecule has 0 bridgehead atoms. The van der Waals surface area contributed by atoms with Gasteiger partial charge in [0, 0.05) is 25.5 Å². The molecule has 9 heteroatoms. The summed E-state index contributed by atoms with van der Waals surface area (Å²) in [5.41, 5.74) is -1.15. The maximum absolute atomic E-state index is 12.4. The molecule has 2 fully saturated rings. The molecule has 2 aliphatic heterocycles. The molecule has 2 saturated heterocycles. The minimum absolute atomic E-state index is 0.0677. The van der Waals surface area contributed by atoms with Gasteiger partial charge in [-0.3, -0.25) is 15.1 Å². The summed E-state index contributed by atoms with van der Waals surface area (Å²) in [5, 5.41) is 4.65. The van der Waals surface area contributed by atoms with E-state index in [2.05, 4.69) is 15.6 Å². The van der Waals surface area contributed by atoms with Gasteiger partial charge in [0.05, 0.1) is 0 Å². The van der Waals surface area contributed by atoms with E-state index in [4.69, 9.17) is 0 Å². The van der Waals surface area contributed by atoms with Gasteiger partial charge in [-0.2, -0.15) is 4.31 Å². The van der Waals surface area contributed by atoms with Crippen LogP contribution in [0.15, 0.2) is 29.4 Å². The van der Waals surface area contributed by atoms with Crippen molar-refractivity contribution >= 4 is 22.0 Å². The number of hydrogen-bond donors (Lipinski definition) is 2. The number of carbonyl (C=O) groups excluding carboxylic acids is 2. The Bertz CT molecular complexity index is 675. The van der Waals surface area contributed by atoms with Crippen LogP contribution < -0.4 is 10.6 Å². The number of carbonyl (C=O) groups is 2. The van der Waals surface area contributed by atoms with Crippen LogP contribution in [-0.4, -0.2) is 48.3 Å². The number of hydrogen-bond acceptors (Lipinski definition) is 5. The lowest BCUT2D eigenvalue weighted by Crippen LogP contribution is -2.49. The summed E-state index contributed by atoms with van der Waals surface area (Å²) in [7, 11) is -3.70. The van der Waals surface area contributed by atoms with Gasteiger partial charge in [0.15, 0.2) is 0 Å². The molecular weight excluding hydrogens is 284 g/mol. The molecule has 2 N–H and O–H groups in total. The first kappa shape index (κ1) is 13.0. The number of amides is 3. The molecule has 1 aromatic heterocycles. The number of aromatic nitrogens is 1. The quantitative estimate of drug-likeness (QED) is 0.684. The second-order valence-corrected chi connectivity index (χ2v) is 6.71. The zero-order valence-electron chi connectivity index (χ0n) is 10.4. The smallest absolute Gasteiger partial charge is 0.322 e. The van der Waals surface area contributed by atoms with Crippen molar-refractivity contribution in [3.8, 4) is 0 Å². The molecule has 3 amide bonds. The van der Waals surface area contributed by atoms with Crippen LogP contribution in [-0.2, 0) is 14.8 Å². The fourth-order valence-electron chi connectivity index (χ4n) is 2.44. The van der Waals surface area contributed by atoms with Crippen molar-refractivity contribution in [1.29, 1.82) is 0 Å². The standard InChI is InChI=1S/C11H12N4O4S/c16-9-11(14-10(17)13-9)3-5-15(7-11)20(18,19)8-2-1-4-12-6-8/h1-2,4,6H,3,5,7H2,(H2,13,14,16,17). The third-order valence-electron chi connectivity index (χ3n) is 3.52. The Morgan fingerprint density at radius 1 is 1.35 bits per heavy atom. The van der Waals surface area contributed by atoms with Crippen LogP contribution in [0.4, 0.5) is 4.79 Å². The minimum Gasteiger partial charge on any atom is -0.322 e. The highest BCUT2D eigenvalue weighted by Gasteiger charge is 2.53. The van der Waals surface area contributed by atoms with Gasteiger partial charge in [0.2, 0.25) is 10.0 Å². The molecule has 3 heterocycles. The van der Waals surface area contributed by atoms with E-state index in [1.54, 1.807) is 0 Å². The fourth-order valence-corrected chi connectivity index (χ4v) is 3.91. The number of nitrogens with one attached hydrogen (secondary N) is 2. The lowest BCUT2D eigenvalue weighted by atomic mass is 10.00. The van der Waals surface area contributed by atoms with Gasteiger partial charge in [-0.25, -0.2) is 13.2 Å². The third kappa shape index (κ3) is 1.86. The van der Waals surface area contributed by atoms with Crippen molar-refractivity contribution in [1.82, 2.24) is 19.9 Å². The van der Waals surface area contributed by atoms with E-state index >= 15 is 0 Å². The SMILES string of the molecule is O=C1NC(=O)C2(CCN(S(=O)(=O)c3cccnc3)C2)N1. The van der Waals surface area contributed by atoms with Gasteiger partial charge in [-0.15, -0.1) is 0 Å². The van der Waals surface area contributed by atoms with E-state index in [0.29, 0.717) is 0 Å². The highest BCUT2D eigenvalue weighted by Crippen LogP contribution is 2.29. The predicted molar refractivity (Wildman–Crippen MR) is 67.0 cm³/mol. The minimum atomic E-state index is -3.70. The van der Waals surface area contributed by atoms with Crippen LogP contribution in [0.25, 0.3) is 0 Å². The van der Waals surface area contributed by atoms with Gasteiger partial charge in [-0.1, -0.05) is 0 Å². The van der Waals surface area contributed by atoms with E-state index in [9.17, 15) is 18.0 Å². The molecule has 20 heavy (non-hydrogen) atoms. The maximum Gasteiger partial charge on any atom is 0.322 e. The fraction of sp³-hybridized carbons (Fsp3) is 0.364. The number of rotatable bonds is 2. The molecule has 0 saturated carbocycles. The Morgan fingerprint density at radius 3 is 2.75 bits per heavy atom. The van der Waals surface area contributed by atoms with Crippen LogP contribution in [0.3, 0.4) is 0 Å². The van der Waals surface area contributed by atoms with Crippen LogP contribution in [0.5, 0.6) is 0 Å².